The molecule has 104 valence electrons. The van der Waals surface area contributed by atoms with Crippen molar-refractivity contribution in [3.8, 4) is 0 Å². The van der Waals surface area contributed by atoms with Gasteiger partial charge in [-0.3, -0.25) is 0 Å². The Kier molecular flexibility index (Phi) is 8.08. The molecule has 1 atom stereocenters. The van der Waals surface area contributed by atoms with Crippen LogP contribution in [0.1, 0.15) is 77.4 Å². The van der Waals surface area contributed by atoms with Crippen LogP contribution in [0.25, 0.3) is 0 Å². The van der Waals surface area contributed by atoms with Gasteiger partial charge in [0.15, 0.2) is 11.1 Å². The fourth-order valence-corrected chi connectivity index (χ4v) is 3.25. The number of rotatable bonds is 4. The van der Waals surface area contributed by atoms with E-state index < -0.39 is 11.1 Å². The van der Waals surface area contributed by atoms with Crippen LogP contribution in [0.4, 0.5) is 0 Å². The van der Waals surface area contributed by atoms with Gasteiger partial charge in [0.2, 0.25) is 0 Å². The van der Waals surface area contributed by atoms with E-state index in [-0.39, 0.29) is 36.9 Å². The molecule has 0 spiro atoms. The predicted octanol–water partition coefficient (Wildman–Crippen LogP) is 1.75. The van der Waals surface area contributed by atoms with Crippen molar-refractivity contribution in [3.05, 3.63) is 28.8 Å². The first-order valence-electron chi connectivity index (χ1n) is 6.54. The standard InChI is InChI=1S/C15H24O2S.Na.H/c1-9(2)12-7-8-13(18(16)17)15(11(5)6)14(12)10(3)4;;/h7-11H,1-6H3,(H,16,17);;/q;+1;-1. The molecular formula is C15H25NaO2S. The SMILES string of the molecule is CC(C)c1ccc(S(=O)O)c(C(C)C)c1C(C)C.[H-].[Na+]. The summed E-state index contributed by atoms with van der Waals surface area (Å²) in [5.74, 6) is 1.05. The Labute approximate surface area is 143 Å². The summed E-state index contributed by atoms with van der Waals surface area (Å²) in [7, 11) is 0. The first-order valence-corrected chi connectivity index (χ1v) is 7.65. The molecule has 0 aliphatic heterocycles. The van der Waals surface area contributed by atoms with Crippen LogP contribution in [-0.2, 0) is 11.1 Å². The van der Waals surface area contributed by atoms with E-state index in [2.05, 4.69) is 41.5 Å². The molecule has 1 N–H and O–H groups in total. The number of hydrogen-bond donors (Lipinski definition) is 1. The Balaban J connectivity index is 0. The van der Waals surface area contributed by atoms with Gasteiger partial charge in [-0.05, 0) is 40.5 Å². The molecule has 0 aromatic heterocycles. The molecule has 0 fully saturated rings. The van der Waals surface area contributed by atoms with Crippen molar-refractivity contribution in [1.82, 2.24) is 0 Å². The monoisotopic (exact) mass is 292 g/mol. The van der Waals surface area contributed by atoms with E-state index in [1.54, 1.807) is 0 Å². The molecule has 1 aromatic rings. The van der Waals surface area contributed by atoms with Gasteiger partial charge in [0.1, 0.15) is 0 Å². The molecule has 2 nitrogen and oxygen atoms in total. The molecule has 0 aliphatic carbocycles. The fourth-order valence-electron chi connectivity index (χ4n) is 2.53. The summed E-state index contributed by atoms with van der Waals surface area (Å²) in [4.78, 5) is 0.568. The first-order chi connectivity index (χ1) is 8.27. The Morgan fingerprint density at radius 1 is 0.947 bits per heavy atom. The molecule has 1 unspecified atom stereocenters. The second-order valence-corrected chi connectivity index (χ2v) is 6.63. The third kappa shape index (κ3) is 4.40. The maximum Gasteiger partial charge on any atom is 1.00 e. The van der Waals surface area contributed by atoms with Crippen LogP contribution in [-0.4, -0.2) is 8.76 Å². The van der Waals surface area contributed by atoms with Crippen LogP contribution in [0.15, 0.2) is 17.0 Å². The van der Waals surface area contributed by atoms with E-state index in [4.69, 9.17) is 0 Å². The van der Waals surface area contributed by atoms with Crippen molar-refractivity contribution >= 4 is 11.1 Å². The van der Waals surface area contributed by atoms with Crippen LogP contribution in [0.2, 0.25) is 0 Å². The molecule has 0 aliphatic rings. The zero-order valence-corrected chi connectivity index (χ0v) is 16.0. The average Bonchev–Trinajstić information content (AvgIpc) is 2.26. The van der Waals surface area contributed by atoms with Gasteiger partial charge < -0.3 is 5.98 Å². The zero-order valence-electron chi connectivity index (χ0n) is 14.2. The minimum atomic E-state index is -1.91. The second-order valence-electron chi connectivity index (χ2n) is 5.69. The van der Waals surface area contributed by atoms with E-state index in [9.17, 15) is 8.76 Å². The average molecular weight is 292 g/mol. The summed E-state index contributed by atoms with van der Waals surface area (Å²) in [6, 6.07) is 3.82. The smallest absolute Gasteiger partial charge is 1.00 e. The minimum absolute atomic E-state index is 0. The molecule has 0 amide bonds. The van der Waals surface area contributed by atoms with E-state index in [0.29, 0.717) is 16.7 Å². The van der Waals surface area contributed by atoms with Crippen molar-refractivity contribution in [3.63, 3.8) is 0 Å². The summed E-state index contributed by atoms with van der Waals surface area (Å²) in [5.41, 5.74) is 3.60. The molecule has 0 bridgehead atoms. The number of hydrogen-bond acceptors (Lipinski definition) is 1. The van der Waals surface area contributed by atoms with Crippen molar-refractivity contribution in [2.45, 2.75) is 64.2 Å². The van der Waals surface area contributed by atoms with Gasteiger partial charge in [0.25, 0.3) is 0 Å². The Morgan fingerprint density at radius 3 is 1.74 bits per heavy atom. The van der Waals surface area contributed by atoms with Crippen molar-refractivity contribution in [2.24, 2.45) is 0 Å². The molecule has 1 aromatic carbocycles. The molecule has 1 rings (SSSR count). The summed E-state index contributed by atoms with van der Waals surface area (Å²) in [5, 5.41) is 0. The third-order valence-corrected chi connectivity index (χ3v) is 3.98. The second kappa shape index (κ2) is 7.94. The van der Waals surface area contributed by atoms with Gasteiger partial charge in [-0.25, -0.2) is 4.21 Å². The van der Waals surface area contributed by atoms with Crippen LogP contribution >= 0.6 is 0 Å². The number of benzene rings is 1. The van der Waals surface area contributed by atoms with Gasteiger partial charge in [-0.1, -0.05) is 47.6 Å². The molecule has 19 heavy (non-hydrogen) atoms. The van der Waals surface area contributed by atoms with Gasteiger partial charge in [0, 0.05) is 0 Å². The van der Waals surface area contributed by atoms with E-state index >= 15 is 0 Å². The van der Waals surface area contributed by atoms with Gasteiger partial charge in [-0.15, -0.1) is 0 Å². The van der Waals surface area contributed by atoms with Crippen LogP contribution in [0, 0.1) is 0 Å². The van der Waals surface area contributed by atoms with Gasteiger partial charge in [0.05, 0.1) is 4.90 Å². The minimum Gasteiger partial charge on any atom is -1.00 e. The van der Waals surface area contributed by atoms with Crippen LogP contribution in [0.5, 0.6) is 0 Å². The van der Waals surface area contributed by atoms with Gasteiger partial charge in [-0.2, -0.15) is 0 Å². The molecule has 4 heteroatoms. The van der Waals surface area contributed by atoms with E-state index in [0.717, 1.165) is 5.56 Å². The van der Waals surface area contributed by atoms with Gasteiger partial charge >= 0.3 is 29.6 Å². The maximum atomic E-state index is 11.5. The summed E-state index contributed by atoms with van der Waals surface area (Å²) >= 11 is -1.91. The first kappa shape index (κ1) is 19.3. The summed E-state index contributed by atoms with van der Waals surface area (Å²) < 4.78 is 21.0. The largest absolute Gasteiger partial charge is 1.00 e. The molecule has 0 radical (unpaired) electrons. The fraction of sp³-hybridized carbons (Fsp3) is 0.600. The zero-order chi connectivity index (χ0) is 14.0. The van der Waals surface area contributed by atoms with Crippen molar-refractivity contribution in [2.75, 3.05) is 0 Å². The maximum absolute atomic E-state index is 11.5. The van der Waals surface area contributed by atoms with Crippen molar-refractivity contribution < 1.29 is 39.7 Å². The van der Waals surface area contributed by atoms with Crippen LogP contribution in [0.3, 0.4) is 0 Å². The topological polar surface area (TPSA) is 37.3 Å². The molecular weight excluding hydrogens is 267 g/mol. The summed E-state index contributed by atoms with van der Waals surface area (Å²) in [6.07, 6.45) is 0. The van der Waals surface area contributed by atoms with E-state index in [1.807, 2.05) is 12.1 Å². The molecule has 0 heterocycles. The summed E-state index contributed by atoms with van der Waals surface area (Å²) in [6.45, 7) is 12.8. The third-order valence-electron chi connectivity index (χ3n) is 3.25. The Bertz CT molecular complexity index is 459. The van der Waals surface area contributed by atoms with Crippen molar-refractivity contribution in [1.29, 1.82) is 0 Å². The predicted molar refractivity (Wildman–Crippen MR) is 78.9 cm³/mol. The quantitative estimate of drug-likeness (QED) is 0.678. The van der Waals surface area contributed by atoms with Crippen LogP contribution < -0.4 is 29.6 Å². The Hall–Kier alpha value is 0.330. The molecule has 0 saturated heterocycles. The molecule has 0 saturated carbocycles. The normalized spacial score (nSPS) is 12.9. The van der Waals surface area contributed by atoms with E-state index in [1.165, 1.54) is 11.1 Å². The Morgan fingerprint density at radius 2 is 1.42 bits per heavy atom.